The lowest BCUT2D eigenvalue weighted by molar-refractivity contribution is 0.0728. The van der Waals surface area contributed by atoms with E-state index in [1.807, 2.05) is 60.7 Å². The standard InChI is InChI=1S/C31H25Cl2N3O4/c32-22-9-6-20(26(33)16-22)13-14-34-30(37)21-7-10-23(11-8-21)35-29-24-3-1-2-4-25(24)31(38)36(29)17-19-5-12-27-28(15-19)40-18-39-27/h1-12,15-16,29,35H,13-14,17-18H2,(H,34,37)/t29-/m0/s1. The number of hydrogen-bond acceptors (Lipinski definition) is 5. The average molecular weight is 574 g/mol. The van der Waals surface area contributed by atoms with E-state index in [4.69, 9.17) is 32.7 Å². The molecular weight excluding hydrogens is 549 g/mol. The zero-order valence-electron chi connectivity index (χ0n) is 21.3. The lowest BCUT2D eigenvalue weighted by atomic mass is 10.1. The molecule has 0 bridgehead atoms. The molecule has 0 fully saturated rings. The van der Waals surface area contributed by atoms with Gasteiger partial charge in [-0.15, -0.1) is 0 Å². The summed E-state index contributed by atoms with van der Waals surface area (Å²) in [6.07, 6.45) is 0.216. The van der Waals surface area contributed by atoms with Crippen LogP contribution < -0.4 is 20.1 Å². The lowest BCUT2D eigenvalue weighted by Gasteiger charge is -2.27. The van der Waals surface area contributed by atoms with Crippen molar-refractivity contribution in [3.63, 3.8) is 0 Å². The Labute approximate surface area is 241 Å². The Bertz CT molecular complexity index is 1590. The smallest absolute Gasteiger partial charge is 0.256 e. The van der Waals surface area contributed by atoms with Crippen molar-refractivity contribution in [1.82, 2.24) is 10.2 Å². The molecule has 2 N–H and O–H groups in total. The highest BCUT2D eigenvalue weighted by Gasteiger charge is 2.36. The number of halogens is 2. The molecule has 2 aliphatic rings. The number of nitrogens with one attached hydrogen (secondary N) is 2. The van der Waals surface area contributed by atoms with Crippen molar-refractivity contribution >= 4 is 40.7 Å². The first-order chi connectivity index (χ1) is 19.5. The van der Waals surface area contributed by atoms with E-state index in [9.17, 15) is 9.59 Å². The minimum absolute atomic E-state index is 0.0532. The molecule has 0 spiro atoms. The van der Waals surface area contributed by atoms with Crippen molar-refractivity contribution in [2.45, 2.75) is 19.1 Å². The van der Waals surface area contributed by atoms with E-state index in [1.54, 1.807) is 29.2 Å². The molecule has 0 aromatic heterocycles. The molecule has 0 radical (unpaired) electrons. The van der Waals surface area contributed by atoms with Crippen LogP contribution in [-0.4, -0.2) is 30.1 Å². The Balaban J connectivity index is 1.13. The van der Waals surface area contributed by atoms with Crippen LogP contribution >= 0.6 is 23.2 Å². The largest absolute Gasteiger partial charge is 0.454 e. The molecule has 6 rings (SSSR count). The van der Waals surface area contributed by atoms with Crippen LogP contribution in [-0.2, 0) is 13.0 Å². The van der Waals surface area contributed by atoms with E-state index in [1.165, 1.54) is 0 Å². The number of anilines is 1. The van der Waals surface area contributed by atoms with Crippen LogP contribution in [0.1, 0.15) is 43.6 Å². The topological polar surface area (TPSA) is 79.9 Å². The normalized spacial score (nSPS) is 15.2. The molecular formula is C31H25Cl2N3O4. The van der Waals surface area contributed by atoms with Gasteiger partial charge in [0.05, 0.1) is 0 Å². The van der Waals surface area contributed by atoms with Gasteiger partial charge in [-0.25, -0.2) is 0 Å². The maximum atomic E-state index is 13.4. The predicted octanol–water partition coefficient (Wildman–Crippen LogP) is 6.46. The molecule has 0 aliphatic carbocycles. The predicted molar refractivity (Wildman–Crippen MR) is 154 cm³/mol. The van der Waals surface area contributed by atoms with Crippen molar-refractivity contribution in [3.8, 4) is 11.5 Å². The maximum Gasteiger partial charge on any atom is 0.256 e. The summed E-state index contributed by atoms with van der Waals surface area (Å²) in [7, 11) is 0. The van der Waals surface area contributed by atoms with E-state index in [0.717, 1.165) is 22.4 Å². The summed E-state index contributed by atoms with van der Waals surface area (Å²) in [5, 5.41) is 7.57. The molecule has 2 aliphatic heterocycles. The zero-order valence-corrected chi connectivity index (χ0v) is 22.8. The Hall–Kier alpha value is -4.20. The Morgan fingerprint density at radius 1 is 0.925 bits per heavy atom. The second-order valence-corrected chi connectivity index (χ2v) is 10.4. The van der Waals surface area contributed by atoms with Gasteiger partial charge >= 0.3 is 0 Å². The molecule has 2 amide bonds. The zero-order chi connectivity index (χ0) is 27.6. The number of amides is 2. The number of benzene rings is 4. The third kappa shape index (κ3) is 5.30. The van der Waals surface area contributed by atoms with Crippen molar-refractivity contribution in [1.29, 1.82) is 0 Å². The summed E-state index contributed by atoms with van der Waals surface area (Å²) in [4.78, 5) is 27.9. The number of ether oxygens (including phenoxy) is 2. The summed E-state index contributed by atoms with van der Waals surface area (Å²) >= 11 is 12.2. The highest BCUT2D eigenvalue weighted by Crippen LogP contribution is 2.38. The molecule has 202 valence electrons. The van der Waals surface area contributed by atoms with Gasteiger partial charge in [-0.2, -0.15) is 0 Å². The number of fused-ring (bicyclic) bond motifs is 2. The average Bonchev–Trinajstić information content (AvgIpc) is 3.53. The van der Waals surface area contributed by atoms with Crippen LogP contribution in [0.15, 0.2) is 84.9 Å². The van der Waals surface area contributed by atoms with Crippen LogP contribution in [0.2, 0.25) is 10.0 Å². The highest BCUT2D eigenvalue weighted by atomic mass is 35.5. The van der Waals surface area contributed by atoms with Gasteiger partial charge in [0.25, 0.3) is 11.8 Å². The van der Waals surface area contributed by atoms with E-state index >= 15 is 0 Å². The summed E-state index contributed by atoms with van der Waals surface area (Å²) in [5.41, 5.74) is 4.74. The molecule has 9 heteroatoms. The number of carbonyl (C=O) groups is 2. The monoisotopic (exact) mass is 573 g/mol. The van der Waals surface area contributed by atoms with E-state index < -0.39 is 0 Å². The van der Waals surface area contributed by atoms with Gasteiger partial charge in [-0.3, -0.25) is 9.59 Å². The molecule has 0 saturated carbocycles. The third-order valence-electron chi connectivity index (χ3n) is 6.99. The van der Waals surface area contributed by atoms with Crippen LogP contribution in [0.3, 0.4) is 0 Å². The number of hydrogen-bond donors (Lipinski definition) is 2. The van der Waals surface area contributed by atoms with Gasteiger partial charge < -0.3 is 25.0 Å². The van der Waals surface area contributed by atoms with Gasteiger partial charge in [0, 0.05) is 45.5 Å². The van der Waals surface area contributed by atoms with Crippen LogP contribution in [0.4, 0.5) is 5.69 Å². The van der Waals surface area contributed by atoms with Gasteiger partial charge in [0.15, 0.2) is 11.5 Å². The van der Waals surface area contributed by atoms with Gasteiger partial charge in [0.1, 0.15) is 6.17 Å². The Morgan fingerprint density at radius 2 is 1.73 bits per heavy atom. The van der Waals surface area contributed by atoms with Crippen LogP contribution in [0.5, 0.6) is 11.5 Å². The highest BCUT2D eigenvalue weighted by molar-refractivity contribution is 6.35. The van der Waals surface area contributed by atoms with Crippen molar-refractivity contribution in [3.05, 3.63) is 123 Å². The second-order valence-electron chi connectivity index (χ2n) is 9.57. The molecule has 1 atom stereocenters. The lowest BCUT2D eigenvalue weighted by Crippen LogP contribution is -2.32. The fourth-order valence-corrected chi connectivity index (χ4v) is 5.44. The Morgan fingerprint density at radius 3 is 2.55 bits per heavy atom. The fourth-order valence-electron chi connectivity index (χ4n) is 4.94. The minimum atomic E-state index is -0.377. The van der Waals surface area contributed by atoms with Crippen LogP contribution in [0, 0.1) is 0 Å². The fraction of sp³-hybridized carbons (Fsp3) is 0.161. The first-order valence-electron chi connectivity index (χ1n) is 12.8. The SMILES string of the molecule is O=C(NCCc1ccc(Cl)cc1Cl)c1ccc(N[C@@H]2c3ccccc3C(=O)N2Cc2ccc3c(c2)OCO3)cc1. The summed E-state index contributed by atoms with van der Waals surface area (Å²) in [6.45, 7) is 1.03. The summed E-state index contributed by atoms with van der Waals surface area (Å²) in [6, 6.07) is 25.8. The number of carbonyl (C=O) groups excluding carboxylic acids is 2. The molecule has 0 unspecified atom stereocenters. The number of nitrogens with zero attached hydrogens (tertiary/aromatic N) is 1. The van der Waals surface area contributed by atoms with Gasteiger partial charge in [-0.1, -0.05) is 53.5 Å². The van der Waals surface area contributed by atoms with Crippen molar-refractivity contribution in [2.24, 2.45) is 0 Å². The first kappa shape index (κ1) is 26.0. The van der Waals surface area contributed by atoms with E-state index in [2.05, 4.69) is 10.6 Å². The number of rotatable bonds is 8. The quantitative estimate of drug-likeness (QED) is 0.253. The van der Waals surface area contributed by atoms with Crippen molar-refractivity contribution in [2.75, 3.05) is 18.7 Å². The van der Waals surface area contributed by atoms with Gasteiger partial charge in [-0.05, 0) is 72.1 Å². The third-order valence-corrected chi connectivity index (χ3v) is 7.58. The minimum Gasteiger partial charge on any atom is -0.454 e. The summed E-state index contributed by atoms with van der Waals surface area (Å²) < 4.78 is 10.9. The molecule has 0 saturated heterocycles. The molecule has 2 heterocycles. The molecule has 7 nitrogen and oxygen atoms in total. The van der Waals surface area contributed by atoms with Crippen molar-refractivity contribution < 1.29 is 19.1 Å². The maximum absolute atomic E-state index is 13.4. The van der Waals surface area contributed by atoms with Gasteiger partial charge in [0.2, 0.25) is 6.79 Å². The molecule has 4 aromatic carbocycles. The van der Waals surface area contributed by atoms with E-state index in [0.29, 0.717) is 52.2 Å². The van der Waals surface area contributed by atoms with E-state index in [-0.39, 0.29) is 24.8 Å². The first-order valence-corrected chi connectivity index (χ1v) is 13.6. The second kappa shape index (κ2) is 11.1. The van der Waals surface area contributed by atoms with Crippen LogP contribution in [0.25, 0.3) is 0 Å². The molecule has 4 aromatic rings. The molecule has 40 heavy (non-hydrogen) atoms. The summed E-state index contributed by atoms with van der Waals surface area (Å²) in [5.74, 6) is 1.15. The Kier molecular flexibility index (Phi) is 7.24.